The Labute approximate surface area is 144 Å². The van der Waals surface area contributed by atoms with E-state index >= 15 is 0 Å². The standard InChI is InChI=1S/C22H38O/c1-8-10-11-16-23-20(9-2)18-12-14-19(15-13-18)22(6,7)17-21(3,4)5/h12-15,20H,8-11,16-17H2,1-7H3. The van der Waals surface area contributed by atoms with E-state index in [2.05, 4.69) is 72.7 Å². The normalized spacial score (nSPS) is 14.0. The first-order valence-corrected chi connectivity index (χ1v) is 9.41. The molecular weight excluding hydrogens is 280 g/mol. The lowest BCUT2D eigenvalue weighted by Gasteiger charge is -2.33. The Kier molecular flexibility index (Phi) is 7.80. The van der Waals surface area contributed by atoms with Gasteiger partial charge in [0.25, 0.3) is 0 Å². The number of rotatable bonds is 9. The summed E-state index contributed by atoms with van der Waals surface area (Å²) in [6, 6.07) is 9.15. The van der Waals surface area contributed by atoms with Crippen molar-refractivity contribution in [3.05, 3.63) is 35.4 Å². The lowest BCUT2D eigenvalue weighted by atomic mass is 9.72. The molecule has 0 bridgehead atoms. The van der Waals surface area contributed by atoms with Crippen molar-refractivity contribution < 1.29 is 4.74 Å². The van der Waals surface area contributed by atoms with E-state index < -0.39 is 0 Å². The average molecular weight is 319 g/mol. The minimum Gasteiger partial charge on any atom is -0.374 e. The van der Waals surface area contributed by atoms with Crippen molar-refractivity contribution >= 4 is 0 Å². The first kappa shape index (κ1) is 20.2. The van der Waals surface area contributed by atoms with Gasteiger partial charge in [-0.05, 0) is 41.2 Å². The summed E-state index contributed by atoms with van der Waals surface area (Å²) in [6.45, 7) is 17.0. The molecule has 1 heteroatoms. The third-order valence-corrected chi connectivity index (χ3v) is 4.47. The van der Waals surface area contributed by atoms with Crippen LogP contribution in [0.2, 0.25) is 0 Å². The van der Waals surface area contributed by atoms with Gasteiger partial charge in [-0.3, -0.25) is 0 Å². The zero-order valence-electron chi connectivity index (χ0n) is 16.5. The van der Waals surface area contributed by atoms with Gasteiger partial charge >= 0.3 is 0 Å². The Bertz CT molecular complexity index is 436. The molecule has 0 saturated carbocycles. The van der Waals surface area contributed by atoms with E-state index in [1.165, 1.54) is 36.8 Å². The van der Waals surface area contributed by atoms with Gasteiger partial charge in [0.05, 0.1) is 6.10 Å². The van der Waals surface area contributed by atoms with Crippen LogP contribution in [0.3, 0.4) is 0 Å². The molecule has 1 unspecified atom stereocenters. The molecule has 0 aliphatic heterocycles. The van der Waals surface area contributed by atoms with E-state index in [0.29, 0.717) is 5.41 Å². The summed E-state index contributed by atoms with van der Waals surface area (Å²) in [7, 11) is 0. The molecule has 0 spiro atoms. The summed E-state index contributed by atoms with van der Waals surface area (Å²) in [5.74, 6) is 0. The Balaban J connectivity index is 2.73. The van der Waals surface area contributed by atoms with Crippen molar-refractivity contribution in [2.45, 2.75) is 92.1 Å². The number of hydrogen-bond donors (Lipinski definition) is 0. The average Bonchev–Trinajstić information content (AvgIpc) is 2.45. The second-order valence-corrected chi connectivity index (χ2v) is 8.72. The number of hydrogen-bond acceptors (Lipinski definition) is 1. The molecule has 0 aliphatic carbocycles. The zero-order valence-corrected chi connectivity index (χ0v) is 16.5. The van der Waals surface area contributed by atoms with Crippen LogP contribution in [0.25, 0.3) is 0 Å². The van der Waals surface area contributed by atoms with Gasteiger partial charge in [0, 0.05) is 6.61 Å². The highest BCUT2D eigenvalue weighted by Crippen LogP contribution is 2.36. The Morgan fingerprint density at radius 1 is 0.913 bits per heavy atom. The highest BCUT2D eigenvalue weighted by atomic mass is 16.5. The molecule has 0 heterocycles. The molecule has 1 aromatic carbocycles. The van der Waals surface area contributed by atoms with Crippen LogP contribution >= 0.6 is 0 Å². The summed E-state index contributed by atoms with van der Waals surface area (Å²) in [4.78, 5) is 0. The van der Waals surface area contributed by atoms with Crippen LogP contribution in [0, 0.1) is 5.41 Å². The van der Waals surface area contributed by atoms with Gasteiger partial charge in [0.15, 0.2) is 0 Å². The van der Waals surface area contributed by atoms with Crippen molar-refractivity contribution in [3.8, 4) is 0 Å². The number of unbranched alkanes of at least 4 members (excludes halogenated alkanes) is 2. The smallest absolute Gasteiger partial charge is 0.0822 e. The highest BCUT2D eigenvalue weighted by Gasteiger charge is 2.27. The van der Waals surface area contributed by atoms with E-state index in [4.69, 9.17) is 4.74 Å². The number of ether oxygens (including phenoxy) is 1. The molecule has 0 fully saturated rings. The predicted octanol–water partition coefficient (Wildman–Crippen LogP) is 7.06. The summed E-state index contributed by atoms with van der Waals surface area (Å²) >= 11 is 0. The molecule has 0 amide bonds. The van der Waals surface area contributed by atoms with Crippen LogP contribution in [0.4, 0.5) is 0 Å². The van der Waals surface area contributed by atoms with E-state index in [9.17, 15) is 0 Å². The summed E-state index contributed by atoms with van der Waals surface area (Å²) in [5.41, 5.74) is 3.30. The van der Waals surface area contributed by atoms with E-state index in [-0.39, 0.29) is 11.5 Å². The van der Waals surface area contributed by atoms with Crippen LogP contribution in [0.15, 0.2) is 24.3 Å². The molecule has 0 N–H and O–H groups in total. The minimum atomic E-state index is 0.209. The summed E-state index contributed by atoms with van der Waals surface area (Å²) < 4.78 is 6.09. The fourth-order valence-corrected chi connectivity index (χ4v) is 3.60. The lowest BCUT2D eigenvalue weighted by molar-refractivity contribution is 0.0474. The van der Waals surface area contributed by atoms with Crippen molar-refractivity contribution in [2.24, 2.45) is 5.41 Å². The quantitative estimate of drug-likeness (QED) is 0.443. The maximum absolute atomic E-state index is 6.09. The second kappa shape index (κ2) is 8.87. The van der Waals surface area contributed by atoms with Crippen LogP contribution in [-0.4, -0.2) is 6.61 Å². The van der Waals surface area contributed by atoms with Gasteiger partial charge < -0.3 is 4.74 Å². The first-order chi connectivity index (χ1) is 10.7. The van der Waals surface area contributed by atoms with Crippen LogP contribution in [-0.2, 0) is 10.2 Å². The topological polar surface area (TPSA) is 9.23 Å². The van der Waals surface area contributed by atoms with Gasteiger partial charge in [-0.25, -0.2) is 0 Å². The molecule has 1 atom stereocenters. The van der Waals surface area contributed by atoms with Crippen molar-refractivity contribution in [1.29, 1.82) is 0 Å². The highest BCUT2D eigenvalue weighted by molar-refractivity contribution is 5.29. The molecular formula is C22H38O. The zero-order chi connectivity index (χ0) is 17.5. The van der Waals surface area contributed by atoms with Crippen molar-refractivity contribution in [1.82, 2.24) is 0 Å². The maximum atomic E-state index is 6.09. The van der Waals surface area contributed by atoms with Gasteiger partial charge in [0.1, 0.15) is 0 Å². The van der Waals surface area contributed by atoms with E-state index in [1.807, 2.05) is 0 Å². The molecule has 0 radical (unpaired) electrons. The third-order valence-electron chi connectivity index (χ3n) is 4.47. The lowest BCUT2D eigenvalue weighted by Crippen LogP contribution is -2.24. The molecule has 0 aromatic heterocycles. The van der Waals surface area contributed by atoms with Gasteiger partial charge in [0.2, 0.25) is 0 Å². The summed E-state index contributed by atoms with van der Waals surface area (Å²) in [6.07, 6.45) is 6.14. The van der Waals surface area contributed by atoms with E-state index in [1.54, 1.807) is 0 Å². The van der Waals surface area contributed by atoms with Crippen LogP contribution in [0.1, 0.15) is 97.8 Å². The fraction of sp³-hybridized carbons (Fsp3) is 0.727. The third kappa shape index (κ3) is 7.08. The largest absolute Gasteiger partial charge is 0.374 e. The summed E-state index contributed by atoms with van der Waals surface area (Å²) in [5, 5.41) is 0. The Morgan fingerprint density at radius 2 is 1.52 bits per heavy atom. The molecule has 0 aliphatic rings. The van der Waals surface area contributed by atoms with Gasteiger partial charge in [-0.2, -0.15) is 0 Å². The van der Waals surface area contributed by atoms with Crippen LogP contribution < -0.4 is 0 Å². The van der Waals surface area contributed by atoms with Crippen molar-refractivity contribution in [3.63, 3.8) is 0 Å². The fourth-order valence-electron chi connectivity index (χ4n) is 3.60. The monoisotopic (exact) mass is 318 g/mol. The van der Waals surface area contributed by atoms with E-state index in [0.717, 1.165) is 13.0 Å². The molecule has 0 saturated heterocycles. The van der Waals surface area contributed by atoms with Gasteiger partial charge in [-0.15, -0.1) is 0 Å². The predicted molar refractivity (Wildman–Crippen MR) is 102 cm³/mol. The van der Waals surface area contributed by atoms with Crippen molar-refractivity contribution in [2.75, 3.05) is 6.61 Å². The number of benzene rings is 1. The molecule has 132 valence electrons. The molecule has 23 heavy (non-hydrogen) atoms. The maximum Gasteiger partial charge on any atom is 0.0822 e. The Morgan fingerprint density at radius 3 is 2.00 bits per heavy atom. The molecule has 1 nitrogen and oxygen atoms in total. The van der Waals surface area contributed by atoms with Gasteiger partial charge in [-0.1, -0.05) is 85.6 Å². The minimum absolute atomic E-state index is 0.209. The van der Waals surface area contributed by atoms with Crippen LogP contribution in [0.5, 0.6) is 0 Å². The SMILES string of the molecule is CCCCCOC(CC)c1ccc(C(C)(C)CC(C)(C)C)cc1. The second-order valence-electron chi connectivity index (χ2n) is 8.72. The Hall–Kier alpha value is -0.820. The molecule has 1 rings (SSSR count). The first-order valence-electron chi connectivity index (χ1n) is 9.41. The molecule has 1 aromatic rings.